The maximum Gasteiger partial charge on any atom is 0.272 e. The van der Waals surface area contributed by atoms with Gasteiger partial charge in [-0.05, 0) is 35.1 Å². The zero-order chi connectivity index (χ0) is 13.2. The maximum absolute atomic E-state index is 12.1. The van der Waals surface area contributed by atoms with Crippen LogP contribution in [0, 0.1) is 0 Å². The Hall–Kier alpha value is -1.72. The van der Waals surface area contributed by atoms with Crippen LogP contribution in [0.1, 0.15) is 20.7 Å². The van der Waals surface area contributed by atoms with E-state index in [0.29, 0.717) is 11.1 Å². The molecule has 94 valence electrons. The Morgan fingerprint density at radius 3 is 1.84 bits per heavy atom. The number of hydrogen-bond acceptors (Lipinski definition) is 4. The average Bonchev–Trinajstić information content (AvgIpc) is 2.71. The fourth-order valence-corrected chi connectivity index (χ4v) is 3.77. The van der Waals surface area contributed by atoms with Gasteiger partial charge in [-0.3, -0.25) is 9.59 Å². The normalized spacial score (nSPS) is 13.8. The van der Waals surface area contributed by atoms with Gasteiger partial charge in [-0.1, -0.05) is 30.3 Å². The summed E-state index contributed by atoms with van der Waals surface area (Å²) >= 11 is 0. The number of amides is 2. The van der Waals surface area contributed by atoms with Crippen molar-refractivity contribution in [1.29, 1.82) is 0 Å². The van der Waals surface area contributed by atoms with Crippen molar-refractivity contribution < 1.29 is 9.59 Å². The SMILES string of the molecule is O=C1c2ccccc2C(=O)N1SSc1ccccc1. The first-order chi connectivity index (χ1) is 9.27. The quantitative estimate of drug-likeness (QED) is 0.491. The molecule has 1 aliphatic heterocycles. The van der Waals surface area contributed by atoms with E-state index in [0.717, 1.165) is 15.9 Å². The number of hydrogen-bond donors (Lipinski definition) is 0. The van der Waals surface area contributed by atoms with E-state index in [1.807, 2.05) is 30.3 Å². The number of carbonyl (C=O) groups excluding carboxylic acids is 2. The van der Waals surface area contributed by atoms with Crippen molar-refractivity contribution in [2.24, 2.45) is 0 Å². The van der Waals surface area contributed by atoms with Gasteiger partial charge in [-0.25, -0.2) is 4.31 Å². The third-order valence-electron chi connectivity index (χ3n) is 2.71. The molecule has 0 unspecified atom stereocenters. The van der Waals surface area contributed by atoms with Crippen molar-refractivity contribution >= 4 is 33.6 Å². The number of benzene rings is 2. The van der Waals surface area contributed by atoms with E-state index in [9.17, 15) is 9.59 Å². The number of nitrogens with zero attached hydrogens (tertiary/aromatic N) is 1. The van der Waals surface area contributed by atoms with Crippen LogP contribution in [0.15, 0.2) is 59.5 Å². The molecule has 0 fully saturated rings. The topological polar surface area (TPSA) is 37.4 Å². The Labute approximate surface area is 118 Å². The highest BCUT2D eigenvalue weighted by Gasteiger charge is 2.36. The summed E-state index contributed by atoms with van der Waals surface area (Å²) in [5.41, 5.74) is 0.960. The number of imide groups is 1. The van der Waals surface area contributed by atoms with Gasteiger partial charge in [0.1, 0.15) is 0 Å². The van der Waals surface area contributed by atoms with Crippen molar-refractivity contribution in [3.63, 3.8) is 0 Å². The zero-order valence-electron chi connectivity index (χ0n) is 9.78. The monoisotopic (exact) mass is 287 g/mol. The minimum atomic E-state index is -0.242. The standard InChI is InChI=1S/C14H9NO2S2/c16-13-11-8-4-5-9-12(11)14(17)15(13)19-18-10-6-2-1-3-7-10/h1-9H. The Morgan fingerprint density at radius 1 is 0.737 bits per heavy atom. The van der Waals surface area contributed by atoms with Crippen LogP contribution in [0.3, 0.4) is 0 Å². The minimum Gasteiger partial charge on any atom is -0.268 e. The van der Waals surface area contributed by atoms with Gasteiger partial charge in [-0.2, -0.15) is 0 Å². The van der Waals surface area contributed by atoms with Gasteiger partial charge in [-0.15, -0.1) is 0 Å². The van der Waals surface area contributed by atoms with Gasteiger partial charge >= 0.3 is 0 Å². The molecule has 5 heteroatoms. The maximum atomic E-state index is 12.1. The molecule has 0 saturated heterocycles. The summed E-state index contributed by atoms with van der Waals surface area (Å²) in [6, 6.07) is 16.6. The van der Waals surface area contributed by atoms with Gasteiger partial charge in [0.25, 0.3) is 11.8 Å². The van der Waals surface area contributed by atoms with E-state index in [4.69, 9.17) is 0 Å². The lowest BCUT2D eigenvalue weighted by molar-refractivity contribution is 0.0779. The van der Waals surface area contributed by atoms with E-state index in [1.54, 1.807) is 24.3 Å². The molecule has 0 aromatic heterocycles. The molecule has 0 aliphatic carbocycles. The molecule has 1 heterocycles. The van der Waals surface area contributed by atoms with Gasteiger partial charge in [0, 0.05) is 15.9 Å². The average molecular weight is 287 g/mol. The van der Waals surface area contributed by atoms with Crippen LogP contribution < -0.4 is 0 Å². The van der Waals surface area contributed by atoms with Gasteiger partial charge in [0.2, 0.25) is 0 Å². The number of carbonyl (C=O) groups is 2. The summed E-state index contributed by atoms with van der Waals surface area (Å²) in [5.74, 6) is -0.483. The summed E-state index contributed by atoms with van der Waals surface area (Å²) < 4.78 is 1.21. The van der Waals surface area contributed by atoms with Crippen LogP contribution in [0.2, 0.25) is 0 Å². The third-order valence-corrected chi connectivity index (χ3v) is 4.98. The van der Waals surface area contributed by atoms with Crippen molar-refractivity contribution in [2.75, 3.05) is 0 Å². The Kier molecular flexibility index (Phi) is 3.31. The molecule has 0 saturated carbocycles. The van der Waals surface area contributed by atoms with E-state index < -0.39 is 0 Å². The number of fused-ring (bicyclic) bond motifs is 1. The second-order valence-electron chi connectivity index (χ2n) is 3.92. The molecule has 2 aromatic carbocycles. The lowest BCUT2D eigenvalue weighted by Crippen LogP contribution is -2.20. The van der Waals surface area contributed by atoms with Crippen molar-refractivity contribution in [2.45, 2.75) is 4.90 Å². The fourth-order valence-electron chi connectivity index (χ4n) is 1.79. The second-order valence-corrected chi connectivity index (χ2v) is 6.02. The molecule has 2 aromatic rings. The van der Waals surface area contributed by atoms with E-state index in [2.05, 4.69) is 0 Å². The summed E-state index contributed by atoms with van der Waals surface area (Å²) in [5, 5.41) is 0. The van der Waals surface area contributed by atoms with E-state index >= 15 is 0 Å². The molecular formula is C14H9NO2S2. The first kappa shape index (κ1) is 12.3. The molecule has 0 bridgehead atoms. The molecule has 19 heavy (non-hydrogen) atoms. The van der Waals surface area contributed by atoms with Crippen LogP contribution in [-0.2, 0) is 0 Å². The molecule has 0 radical (unpaired) electrons. The van der Waals surface area contributed by atoms with Crippen LogP contribution in [0.25, 0.3) is 0 Å². The Balaban J connectivity index is 1.78. The molecule has 2 amide bonds. The molecule has 0 spiro atoms. The van der Waals surface area contributed by atoms with Gasteiger partial charge < -0.3 is 0 Å². The zero-order valence-corrected chi connectivity index (χ0v) is 11.4. The Bertz CT molecular complexity index is 608. The summed E-state index contributed by atoms with van der Waals surface area (Å²) in [7, 11) is 2.56. The highest BCUT2D eigenvalue weighted by atomic mass is 33.1. The molecule has 1 aliphatic rings. The first-order valence-electron chi connectivity index (χ1n) is 5.65. The molecular weight excluding hydrogens is 278 g/mol. The van der Waals surface area contributed by atoms with Gasteiger partial charge in [0.15, 0.2) is 0 Å². The van der Waals surface area contributed by atoms with Gasteiger partial charge in [0.05, 0.1) is 11.1 Å². The molecule has 3 rings (SSSR count). The molecule has 0 atom stereocenters. The van der Waals surface area contributed by atoms with Crippen LogP contribution in [-0.4, -0.2) is 16.1 Å². The van der Waals surface area contributed by atoms with Crippen molar-refractivity contribution in [1.82, 2.24) is 4.31 Å². The third kappa shape index (κ3) is 2.27. The second kappa shape index (κ2) is 5.11. The predicted molar refractivity (Wildman–Crippen MR) is 76.8 cm³/mol. The minimum absolute atomic E-state index is 0.242. The van der Waals surface area contributed by atoms with Crippen molar-refractivity contribution in [3.8, 4) is 0 Å². The highest BCUT2D eigenvalue weighted by molar-refractivity contribution is 8.76. The Morgan fingerprint density at radius 2 is 1.26 bits per heavy atom. The van der Waals surface area contributed by atoms with Crippen LogP contribution >= 0.6 is 21.8 Å². The fraction of sp³-hybridized carbons (Fsp3) is 0. The van der Waals surface area contributed by atoms with E-state index in [1.165, 1.54) is 15.1 Å². The lowest BCUT2D eigenvalue weighted by Gasteiger charge is -2.10. The summed E-state index contributed by atoms with van der Waals surface area (Å²) in [6.45, 7) is 0. The predicted octanol–water partition coefficient (Wildman–Crippen LogP) is 3.64. The summed E-state index contributed by atoms with van der Waals surface area (Å²) in [6.07, 6.45) is 0. The first-order valence-corrected chi connectivity index (χ1v) is 7.75. The smallest absolute Gasteiger partial charge is 0.268 e. The largest absolute Gasteiger partial charge is 0.272 e. The highest BCUT2D eigenvalue weighted by Crippen LogP contribution is 2.38. The van der Waals surface area contributed by atoms with E-state index in [-0.39, 0.29) is 11.8 Å². The summed E-state index contributed by atoms with van der Waals surface area (Å²) in [4.78, 5) is 25.2. The number of rotatable bonds is 3. The van der Waals surface area contributed by atoms with Crippen LogP contribution in [0.5, 0.6) is 0 Å². The molecule has 0 N–H and O–H groups in total. The lowest BCUT2D eigenvalue weighted by atomic mass is 10.1. The van der Waals surface area contributed by atoms with Crippen molar-refractivity contribution in [3.05, 3.63) is 65.7 Å². The molecule has 3 nitrogen and oxygen atoms in total. The van der Waals surface area contributed by atoms with Crippen LogP contribution in [0.4, 0.5) is 0 Å².